The minimum absolute atomic E-state index is 0.390. The Bertz CT molecular complexity index is 602. The number of anilines is 1. The lowest BCUT2D eigenvalue weighted by atomic mass is 9.87. The highest BCUT2D eigenvalue weighted by Gasteiger charge is 2.26. The van der Waals surface area contributed by atoms with Crippen molar-refractivity contribution in [1.29, 1.82) is 0 Å². The van der Waals surface area contributed by atoms with Crippen LogP contribution in [0.3, 0.4) is 0 Å². The lowest BCUT2D eigenvalue weighted by Crippen LogP contribution is -2.38. The third kappa shape index (κ3) is 4.56. The van der Waals surface area contributed by atoms with Crippen LogP contribution in [-0.4, -0.2) is 36.7 Å². The molecule has 1 aliphatic heterocycles. The molecule has 0 radical (unpaired) electrons. The monoisotopic (exact) mass is 422 g/mol. The van der Waals surface area contributed by atoms with Gasteiger partial charge in [-0.2, -0.15) is 0 Å². The summed E-state index contributed by atoms with van der Waals surface area (Å²) < 4.78 is 26.4. The molecule has 1 N–H and O–H groups in total. The predicted octanol–water partition coefficient (Wildman–Crippen LogP) is 3.33. The molecule has 1 fully saturated rings. The maximum Gasteiger partial charge on any atom is 0.229 e. The third-order valence-corrected chi connectivity index (χ3v) is 5.36. The second-order valence-electron chi connectivity index (χ2n) is 5.82. The zero-order valence-corrected chi connectivity index (χ0v) is 15.7. The van der Waals surface area contributed by atoms with Crippen LogP contribution in [-0.2, 0) is 10.0 Å². The Morgan fingerprint density at radius 3 is 2.76 bits per heavy atom. The summed E-state index contributed by atoms with van der Waals surface area (Å²) in [7, 11) is -3.25. The minimum atomic E-state index is -3.25. The van der Waals surface area contributed by atoms with Crippen molar-refractivity contribution in [1.82, 2.24) is 4.90 Å². The molecule has 0 bridgehead atoms. The molecule has 2 rings (SSSR count). The topological polar surface area (TPSA) is 49.4 Å². The molecule has 21 heavy (non-hydrogen) atoms. The quantitative estimate of drug-likeness (QED) is 0.460. The number of halogens is 1. The summed E-state index contributed by atoms with van der Waals surface area (Å²) in [4.78, 5) is 2.46. The Labute approximate surface area is 141 Å². The summed E-state index contributed by atoms with van der Waals surface area (Å²) in [6, 6.07) is 5.85. The summed E-state index contributed by atoms with van der Waals surface area (Å²) in [5.74, 6) is 0.390. The molecule has 1 aromatic rings. The van der Waals surface area contributed by atoms with Crippen LogP contribution >= 0.6 is 22.6 Å². The van der Waals surface area contributed by atoms with Gasteiger partial charge in [0.2, 0.25) is 10.0 Å². The zero-order chi connectivity index (χ0) is 15.6. The van der Waals surface area contributed by atoms with E-state index in [9.17, 15) is 8.42 Å². The fraction of sp³-hybridized carbons (Fsp3) is 0.600. The summed E-state index contributed by atoms with van der Waals surface area (Å²) in [5, 5.41) is 0. The van der Waals surface area contributed by atoms with E-state index in [4.69, 9.17) is 0 Å². The van der Waals surface area contributed by atoms with Gasteiger partial charge in [-0.05, 0) is 56.3 Å². The molecule has 1 saturated heterocycles. The van der Waals surface area contributed by atoms with Crippen molar-refractivity contribution in [2.24, 2.45) is 0 Å². The van der Waals surface area contributed by atoms with Crippen LogP contribution in [0.25, 0.3) is 0 Å². The number of likely N-dealkylation sites (tertiary alicyclic amines) is 1. The highest BCUT2D eigenvalue weighted by molar-refractivity contribution is 14.1. The van der Waals surface area contributed by atoms with Gasteiger partial charge in [0.1, 0.15) is 0 Å². The highest BCUT2D eigenvalue weighted by atomic mass is 127. The molecule has 1 heterocycles. The first-order chi connectivity index (χ1) is 9.78. The average molecular weight is 422 g/mol. The molecular formula is C15H23IN2O2S. The van der Waals surface area contributed by atoms with Gasteiger partial charge in [-0.25, -0.2) is 8.42 Å². The zero-order valence-electron chi connectivity index (χ0n) is 12.8. The van der Waals surface area contributed by atoms with Crippen molar-refractivity contribution >= 4 is 38.3 Å². The lowest BCUT2D eigenvalue weighted by Gasteiger charge is -2.36. The summed E-state index contributed by atoms with van der Waals surface area (Å²) >= 11 is 2.45. The van der Waals surface area contributed by atoms with Gasteiger partial charge in [-0.1, -0.05) is 34.7 Å². The normalized spacial score (nSPS) is 22.0. The van der Waals surface area contributed by atoms with Gasteiger partial charge in [0.05, 0.1) is 16.0 Å². The smallest absolute Gasteiger partial charge is 0.229 e. The Kier molecular flexibility index (Phi) is 5.54. The molecule has 0 aliphatic carbocycles. The van der Waals surface area contributed by atoms with Crippen LogP contribution < -0.4 is 4.72 Å². The van der Waals surface area contributed by atoms with Crippen LogP contribution in [0.5, 0.6) is 0 Å². The Morgan fingerprint density at radius 1 is 1.43 bits per heavy atom. The van der Waals surface area contributed by atoms with Gasteiger partial charge < -0.3 is 0 Å². The van der Waals surface area contributed by atoms with Gasteiger partial charge in [0.25, 0.3) is 0 Å². The molecule has 1 aliphatic rings. The van der Waals surface area contributed by atoms with E-state index in [0.717, 1.165) is 42.7 Å². The average Bonchev–Trinajstić information content (AvgIpc) is 2.37. The maximum absolute atomic E-state index is 11.6. The van der Waals surface area contributed by atoms with Crippen molar-refractivity contribution in [2.75, 3.05) is 24.1 Å². The van der Waals surface area contributed by atoms with E-state index in [1.807, 2.05) is 12.1 Å². The van der Waals surface area contributed by atoms with Crippen LogP contribution in [0.1, 0.15) is 36.8 Å². The summed E-state index contributed by atoms with van der Waals surface area (Å²) in [6.45, 7) is 6.39. The molecule has 2 atom stereocenters. The number of piperidine rings is 1. The Balaban J connectivity index is 2.33. The number of rotatable bonds is 4. The Hall–Kier alpha value is -0.340. The van der Waals surface area contributed by atoms with Gasteiger partial charge in [-0.3, -0.25) is 9.62 Å². The van der Waals surface area contributed by atoms with Gasteiger partial charge in [0.15, 0.2) is 0 Å². The van der Waals surface area contributed by atoms with Crippen molar-refractivity contribution in [2.45, 2.75) is 36.7 Å². The molecule has 6 heteroatoms. The molecule has 4 nitrogen and oxygen atoms in total. The van der Waals surface area contributed by atoms with Crippen LogP contribution in [0, 0.1) is 6.92 Å². The standard InChI is InChI=1S/C15H23IN2O2S/c1-11-6-4-8-14(17-21(3,19)20)15(11)13-7-5-9-18(10-13)12(2)16/h4,6,8,12-13,17H,5,7,9-10H2,1-3H3. The summed E-state index contributed by atoms with van der Waals surface area (Å²) in [5.41, 5.74) is 3.06. The van der Waals surface area contributed by atoms with Crippen molar-refractivity contribution in [3.05, 3.63) is 29.3 Å². The molecule has 118 valence electrons. The minimum Gasteiger partial charge on any atom is -0.291 e. The van der Waals surface area contributed by atoms with E-state index in [2.05, 4.69) is 52.1 Å². The molecule has 0 spiro atoms. The molecular weight excluding hydrogens is 399 g/mol. The molecule has 0 amide bonds. The van der Waals surface area contributed by atoms with Gasteiger partial charge in [-0.15, -0.1) is 0 Å². The van der Waals surface area contributed by atoms with E-state index in [1.165, 1.54) is 6.26 Å². The molecule has 0 aromatic heterocycles. The van der Waals surface area contributed by atoms with Crippen LogP contribution in [0.15, 0.2) is 18.2 Å². The number of sulfonamides is 1. The number of nitrogens with zero attached hydrogens (tertiary/aromatic N) is 1. The van der Waals surface area contributed by atoms with Crippen LogP contribution in [0.2, 0.25) is 0 Å². The molecule has 0 saturated carbocycles. The summed E-state index contributed by atoms with van der Waals surface area (Å²) in [6.07, 6.45) is 3.48. The number of hydrogen-bond donors (Lipinski definition) is 1. The van der Waals surface area contributed by atoms with Gasteiger partial charge >= 0.3 is 0 Å². The number of hydrogen-bond acceptors (Lipinski definition) is 3. The van der Waals surface area contributed by atoms with Crippen LogP contribution in [0.4, 0.5) is 5.69 Å². The first-order valence-electron chi connectivity index (χ1n) is 7.23. The van der Waals surface area contributed by atoms with E-state index in [0.29, 0.717) is 9.97 Å². The second kappa shape index (κ2) is 6.83. The van der Waals surface area contributed by atoms with Crippen molar-refractivity contribution < 1.29 is 8.42 Å². The van der Waals surface area contributed by atoms with Crippen molar-refractivity contribution in [3.8, 4) is 0 Å². The van der Waals surface area contributed by atoms with E-state index < -0.39 is 10.0 Å². The molecule has 1 aromatic carbocycles. The first-order valence-corrected chi connectivity index (χ1v) is 10.4. The van der Waals surface area contributed by atoms with E-state index in [-0.39, 0.29) is 0 Å². The van der Waals surface area contributed by atoms with Crippen molar-refractivity contribution in [3.63, 3.8) is 0 Å². The number of alkyl halides is 1. The molecule has 2 unspecified atom stereocenters. The number of nitrogens with one attached hydrogen (secondary N) is 1. The first kappa shape index (κ1) is 17.0. The second-order valence-corrected chi connectivity index (χ2v) is 9.37. The van der Waals surface area contributed by atoms with Gasteiger partial charge in [0, 0.05) is 6.54 Å². The predicted molar refractivity (Wildman–Crippen MR) is 96.7 cm³/mol. The lowest BCUT2D eigenvalue weighted by molar-refractivity contribution is 0.209. The fourth-order valence-corrected chi connectivity index (χ4v) is 4.16. The SMILES string of the molecule is Cc1cccc(NS(C)(=O)=O)c1C1CCCN(C(C)I)C1. The van der Waals surface area contributed by atoms with E-state index >= 15 is 0 Å². The number of aryl methyl sites for hydroxylation is 1. The maximum atomic E-state index is 11.6. The largest absolute Gasteiger partial charge is 0.291 e. The van der Waals surface area contributed by atoms with E-state index in [1.54, 1.807) is 0 Å². The third-order valence-electron chi connectivity index (χ3n) is 3.98. The highest BCUT2D eigenvalue weighted by Crippen LogP contribution is 2.35. The number of benzene rings is 1. The Morgan fingerprint density at radius 2 is 2.14 bits per heavy atom. The fourth-order valence-electron chi connectivity index (χ4n) is 3.08.